The minimum atomic E-state index is -0.104. The van der Waals surface area contributed by atoms with Crippen LogP contribution in [-0.2, 0) is 21.7 Å². The Labute approximate surface area is 316 Å². The number of hydrogen-bond acceptors (Lipinski definition) is 2. The van der Waals surface area contributed by atoms with Gasteiger partial charge in [-0.05, 0) is 109 Å². The Kier molecular flexibility index (Phi) is 7.90. The van der Waals surface area contributed by atoms with Crippen molar-refractivity contribution in [2.75, 3.05) is 4.90 Å². The first-order valence-corrected chi connectivity index (χ1v) is 19.2. The topological polar surface area (TPSA) is 16.4 Å². The second kappa shape index (κ2) is 12.0. The molecule has 268 valence electrons. The fourth-order valence-electron chi connectivity index (χ4n) is 8.30. The second-order valence-electron chi connectivity index (χ2n) is 18.8. The number of nitrogens with zero attached hydrogens (tertiary/aromatic N) is 1. The van der Waals surface area contributed by atoms with Gasteiger partial charge in [-0.25, -0.2) is 0 Å². The summed E-state index contributed by atoms with van der Waals surface area (Å²) in [5, 5.41) is 2.38. The first-order chi connectivity index (χ1) is 24.9. The van der Waals surface area contributed by atoms with E-state index >= 15 is 0 Å². The third-order valence-corrected chi connectivity index (χ3v) is 11.5. The van der Waals surface area contributed by atoms with E-state index in [1.165, 1.54) is 55.5 Å². The Bertz CT molecular complexity index is 2510. The molecule has 8 rings (SSSR count). The molecule has 2 heteroatoms. The molecule has 2 nitrogen and oxygen atoms in total. The number of hydrogen-bond donors (Lipinski definition) is 0. The largest absolute Gasteiger partial charge is 0.456 e. The number of fused-ring (bicyclic) bond motifs is 6. The van der Waals surface area contributed by atoms with E-state index in [2.05, 4.69) is 202 Å². The van der Waals surface area contributed by atoms with Crippen molar-refractivity contribution in [3.63, 3.8) is 0 Å². The van der Waals surface area contributed by atoms with Crippen LogP contribution in [0, 0.1) is 0 Å². The van der Waals surface area contributed by atoms with Crippen LogP contribution in [0.5, 0.6) is 0 Å². The quantitative estimate of drug-likeness (QED) is 0.182. The first-order valence-electron chi connectivity index (χ1n) is 19.2. The third-order valence-electron chi connectivity index (χ3n) is 11.5. The molecule has 0 bridgehead atoms. The van der Waals surface area contributed by atoms with Crippen molar-refractivity contribution in [2.45, 2.75) is 97.8 Å². The van der Waals surface area contributed by atoms with Crippen LogP contribution in [0.25, 0.3) is 44.2 Å². The van der Waals surface area contributed by atoms with Crippen molar-refractivity contribution in [3.05, 3.63) is 149 Å². The molecule has 1 heterocycles. The van der Waals surface area contributed by atoms with Crippen molar-refractivity contribution in [1.29, 1.82) is 0 Å². The molecule has 6 aromatic carbocycles. The molecular formula is C51H53NO. The summed E-state index contributed by atoms with van der Waals surface area (Å²) in [4.78, 5) is 2.39. The molecular weight excluding hydrogens is 643 g/mol. The summed E-state index contributed by atoms with van der Waals surface area (Å²) in [7, 11) is 0. The minimum Gasteiger partial charge on any atom is -0.456 e. The Hall–Kier alpha value is -5.08. The van der Waals surface area contributed by atoms with Gasteiger partial charge in [0.2, 0.25) is 0 Å². The molecule has 7 aromatic rings. The maximum atomic E-state index is 6.82. The molecule has 0 amide bonds. The van der Waals surface area contributed by atoms with E-state index in [0.29, 0.717) is 0 Å². The third kappa shape index (κ3) is 5.97. The van der Waals surface area contributed by atoms with Crippen molar-refractivity contribution in [2.24, 2.45) is 0 Å². The van der Waals surface area contributed by atoms with Crippen LogP contribution in [-0.4, -0.2) is 0 Å². The summed E-state index contributed by atoms with van der Waals surface area (Å²) in [6, 6.07) is 45.4. The monoisotopic (exact) mass is 695 g/mol. The van der Waals surface area contributed by atoms with Gasteiger partial charge in [0.15, 0.2) is 0 Å². The number of anilines is 3. The van der Waals surface area contributed by atoms with Crippen molar-refractivity contribution >= 4 is 39.0 Å². The predicted molar refractivity (Wildman–Crippen MR) is 228 cm³/mol. The van der Waals surface area contributed by atoms with Gasteiger partial charge in [0.25, 0.3) is 0 Å². The molecule has 0 unspecified atom stereocenters. The molecule has 0 aliphatic heterocycles. The standard InChI is InChI=1S/C51H53NO/c1-48(2,3)34-20-16-32(17-21-34)33-18-22-36(23-19-33)52(37-24-26-40-39-14-12-13-15-42(39)51(10,11)43(40)30-37)38-25-27-41-45(31-38)53-46-29-35(49(4,5)6)28-44(47(41)46)50(7,8)9/h12-31H,1-11H3. The van der Waals surface area contributed by atoms with Gasteiger partial charge >= 0.3 is 0 Å². The molecule has 0 radical (unpaired) electrons. The van der Waals surface area contributed by atoms with E-state index in [9.17, 15) is 0 Å². The van der Waals surface area contributed by atoms with Crippen molar-refractivity contribution in [3.8, 4) is 22.3 Å². The highest BCUT2D eigenvalue weighted by Crippen LogP contribution is 2.51. The number of rotatable bonds is 4. The lowest BCUT2D eigenvalue weighted by Crippen LogP contribution is -2.16. The van der Waals surface area contributed by atoms with Gasteiger partial charge in [-0.3, -0.25) is 0 Å². The lowest BCUT2D eigenvalue weighted by atomic mass is 9.79. The molecule has 0 fully saturated rings. The fraction of sp³-hybridized carbons (Fsp3) is 0.294. The van der Waals surface area contributed by atoms with Crippen molar-refractivity contribution in [1.82, 2.24) is 0 Å². The van der Waals surface area contributed by atoms with Crippen LogP contribution in [0.2, 0.25) is 0 Å². The van der Waals surface area contributed by atoms with Gasteiger partial charge in [-0.15, -0.1) is 0 Å². The van der Waals surface area contributed by atoms with Gasteiger partial charge in [0, 0.05) is 39.3 Å². The molecule has 1 aliphatic carbocycles. The van der Waals surface area contributed by atoms with E-state index in [1.54, 1.807) is 0 Å². The summed E-state index contributed by atoms with van der Waals surface area (Å²) >= 11 is 0. The molecule has 53 heavy (non-hydrogen) atoms. The molecule has 0 spiro atoms. The van der Waals surface area contributed by atoms with Crippen LogP contribution in [0.3, 0.4) is 0 Å². The van der Waals surface area contributed by atoms with Crippen LogP contribution >= 0.6 is 0 Å². The zero-order valence-corrected chi connectivity index (χ0v) is 33.4. The lowest BCUT2D eigenvalue weighted by molar-refractivity contribution is 0.569. The minimum absolute atomic E-state index is 0.0108. The highest BCUT2D eigenvalue weighted by atomic mass is 16.3. The highest BCUT2D eigenvalue weighted by molar-refractivity contribution is 6.08. The van der Waals surface area contributed by atoms with Gasteiger partial charge in [0.1, 0.15) is 11.2 Å². The van der Waals surface area contributed by atoms with E-state index in [1.807, 2.05) is 0 Å². The Balaban J connectivity index is 1.29. The van der Waals surface area contributed by atoms with Crippen molar-refractivity contribution < 1.29 is 4.42 Å². The Morgan fingerprint density at radius 1 is 0.472 bits per heavy atom. The maximum absolute atomic E-state index is 6.82. The van der Waals surface area contributed by atoms with Gasteiger partial charge in [0.05, 0.1) is 0 Å². The SMILES string of the molecule is CC(C)(C)c1ccc(-c2ccc(N(c3ccc4c(c3)C(C)(C)c3ccccc3-4)c3ccc4c(c3)oc3cc(C(C)(C)C)cc(C(C)(C)C)c34)cc2)cc1. The summed E-state index contributed by atoms with van der Waals surface area (Å²) in [5.41, 5.74) is 17.0. The zero-order valence-electron chi connectivity index (χ0n) is 33.4. The normalized spacial score (nSPS) is 14.1. The van der Waals surface area contributed by atoms with Crippen LogP contribution in [0.15, 0.2) is 126 Å². The van der Waals surface area contributed by atoms with Gasteiger partial charge in [-0.2, -0.15) is 0 Å². The van der Waals surface area contributed by atoms with E-state index in [4.69, 9.17) is 4.42 Å². The average Bonchev–Trinajstić information content (AvgIpc) is 3.58. The molecule has 1 aromatic heterocycles. The molecule has 1 aliphatic rings. The smallest absolute Gasteiger partial charge is 0.137 e. The molecule has 0 saturated heterocycles. The van der Waals surface area contributed by atoms with E-state index in [-0.39, 0.29) is 21.7 Å². The summed E-state index contributed by atoms with van der Waals surface area (Å²) in [5.74, 6) is 0. The summed E-state index contributed by atoms with van der Waals surface area (Å²) in [6.07, 6.45) is 0. The van der Waals surface area contributed by atoms with Crippen LogP contribution < -0.4 is 4.90 Å². The van der Waals surface area contributed by atoms with Crippen LogP contribution in [0.1, 0.15) is 104 Å². The highest BCUT2D eigenvalue weighted by Gasteiger charge is 2.36. The average molecular weight is 696 g/mol. The second-order valence-corrected chi connectivity index (χ2v) is 18.8. The summed E-state index contributed by atoms with van der Waals surface area (Å²) in [6.45, 7) is 25.2. The van der Waals surface area contributed by atoms with Gasteiger partial charge in [-0.1, -0.05) is 149 Å². The van der Waals surface area contributed by atoms with Gasteiger partial charge < -0.3 is 9.32 Å². The first kappa shape index (κ1) is 35.0. The molecule has 0 atom stereocenters. The maximum Gasteiger partial charge on any atom is 0.137 e. The molecule has 0 saturated carbocycles. The van der Waals surface area contributed by atoms with Crippen LogP contribution in [0.4, 0.5) is 17.1 Å². The predicted octanol–water partition coefficient (Wildman–Crippen LogP) is 14.9. The summed E-state index contributed by atoms with van der Waals surface area (Å²) < 4.78 is 6.82. The lowest BCUT2D eigenvalue weighted by Gasteiger charge is -2.28. The Morgan fingerprint density at radius 2 is 1.04 bits per heavy atom. The molecule has 0 N–H and O–H groups in total. The number of benzene rings is 6. The van der Waals surface area contributed by atoms with E-state index in [0.717, 1.165) is 33.6 Å². The number of furan rings is 1. The fourth-order valence-corrected chi connectivity index (χ4v) is 8.30. The Morgan fingerprint density at radius 3 is 1.68 bits per heavy atom. The van der Waals surface area contributed by atoms with E-state index < -0.39 is 0 Å². The zero-order chi connectivity index (χ0) is 37.7.